The SMILES string of the molecule is N#Cc1ccc(NC(=O)C2CSCN2C(=O)C2=Cc3cc(Cl)ccc3OC2)cc1. The zero-order valence-electron chi connectivity index (χ0n) is 15.2. The van der Waals surface area contributed by atoms with Crippen LogP contribution in [0.3, 0.4) is 0 Å². The van der Waals surface area contributed by atoms with Gasteiger partial charge in [0.2, 0.25) is 5.91 Å². The van der Waals surface area contributed by atoms with E-state index in [2.05, 4.69) is 5.32 Å². The highest BCUT2D eigenvalue weighted by Crippen LogP contribution is 2.31. The third-order valence-electron chi connectivity index (χ3n) is 4.69. The first-order chi connectivity index (χ1) is 14.0. The van der Waals surface area contributed by atoms with Gasteiger partial charge in [-0.3, -0.25) is 9.59 Å². The predicted molar refractivity (Wildman–Crippen MR) is 113 cm³/mol. The molecule has 0 bridgehead atoms. The van der Waals surface area contributed by atoms with E-state index in [1.54, 1.807) is 53.4 Å². The van der Waals surface area contributed by atoms with Crippen LogP contribution in [-0.2, 0) is 9.59 Å². The summed E-state index contributed by atoms with van der Waals surface area (Å²) in [5, 5.41) is 12.3. The summed E-state index contributed by atoms with van der Waals surface area (Å²) >= 11 is 7.57. The summed E-state index contributed by atoms with van der Waals surface area (Å²) in [4.78, 5) is 27.4. The number of carbonyl (C=O) groups excluding carboxylic acids is 2. The quantitative estimate of drug-likeness (QED) is 0.813. The molecule has 2 amide bonds. The van der Waals surface area contributed by atoms with Gasteiger partial charge in [0.05, 0.1) is 23.1 Å². The molecule has 1 N–H and O–H groups in total. The smallest absolute Gasteiger partial charge is 0.254 e. The summed E-state index contributed by atoms with van der Waals surface area (Å²) < 4.78 is 5.68. The molecule has 6 nitrogen and oxygen atoms in total. The van der Waals surface area contributed by atoms with Crippen molar-refractivity contribution in [2.24, 2.45) is 0 Å². The van der Waals surface area contributed by atoms with Crippen LogP contribution in [0.1, 0.15) is 11.1 Å². The van der Waals surface area contributed by atoms with Gasteiger partial charge in [-0.15, -0.1) is 11.8 Å². The minimum atomic E-state index is -0.579. The Kier molecular flexibility index (Phi) is 5.47. The first-order valence-corrected chi connectivity index (χ1v) is 10.4. The lowest BCUT2D eigenvalue weighted by atomic mass is 10.1. The van der Waals surface area contributed by atoms with E-state index in [1.165, 1.54) is 11.8 Å². The number of nitrogens with zero attached hydrogens (tertiary/aromatic N) is 2. The van der Waals surface area contributed by atoms with E-state index in [0.29, 0.717) is 39.2 Å². The standard InChI is InChI=1S/C21H16ClN3O3S/c22-16-3-6-19-14(8-16)7-15(10-28-19)21(27)25-12-29-11-18(25)20(26)24-17-4-1-13(9-23)2-5-17/h1-8,18H,10-12H2,(H,24,26). The highest BCUT2D eigenvalue weighted by atomic mass is 35.5. The van der Waals surface area contributed by atoms with Gasteiger partial charge in [-0.25, -0.2) is 0 Å². The van der Waals surface area contributed by atoms with Crippen molar-refractivity contribution in [1.29, 1.82) is 5.26 Å². The Morgan fingerprint density at radius 1 is 1.24 bits per heavy atom. The molecule has 0 radical (unpaired) electrons. The van der Waals surface area contributed by atoms with Crippen LogP contribution in [0.15, 0.2) is 48.0 Å². The van der Waals surface area contributed by atoms with Crippen molar-refractivity contribution < 1.29 is 14.3 Å². The fraction of sp³-hybridized carbons (Fsp3) is 0.190. The monoisotopic (exact) mass is 425 g/mol. The van der Waals surface area contributed by atoms with Gasteiger partial charge in [-0.2, -0.15) is 5.26 Å². The van der Waals surface area contributed by atoms with Gasteiger partial charge in [-0.05, 0) is 48.5 Å². The number of ether oxygens (including phenoxy) is 1. The number of nitriles is 1. The zero-order valence-corrected chi connectivity index (χ0v) is 16.8. The van der Waals surface area contributed by atoms with Gasteiger partial charge in [0, 0.05) is 22.0 Å². The van der Waals surface area contributed by atoms with Gasteiger partial charge >= 0.3 is 0 Å². The lowest BCUT2D eigenvalue weighted by Crippen LogP contribution is -2.45. The van der Waals surface area contributed by atoms with Crippen molar-refractivity contribution in [1.82, 2.24) is 4.90 Å². The number of carbonyl (C=O) groups is 2. The Morgan fingerprint density at radius 2 is 2.03 bits per heavy atom. The second kappa shape index (κ2) is 8.19. The Labute approximate surface area is 177 Å². The average molecular weight is 426 g/mol. The molecule has 0 aliphatic carbocycles. The normalized spacial score (nSPS) is 17.6. The molecule has 2 aliphatic heterocycles. The molecule has 29 heavy (non-hydrogen) atoms. The summed E-state index contributed by atoms with van der Waals surface area (Å²) in [5.41, 5.74) is 2.33. The minimum absolute atomic E-state index is 0.151. The Hall–Kier alpha value is -2.95. The van der Waals surface area contributed by atoms with Crippen LogP contribution in [0.4, 0.5) is 5.69 Å². The van der Waals surface area contributed by atoms with E-state index in [0.717, 1.165) is 5.56 Å². The van der Waals surface area contributed by atoms with Crippen LogP contribution in [0.2, 0.25) is 5.02 Å². The number of fused-ring (bicyclic) bond motifs is 1. The maximum atomic E-state index is 13.1. The fourth-order valence-electron chi connectivity index (χ4n) is 3.17. The first-order valence-electron chi connectivity index (χ1n) is 8.88. The average Bonchev–Trinajstić information content (AvgIpc) is 3.23. The van der Waals surface area contributed by atoms with Crippen LogP contribution in [0.5, 0.6) is 5.75 Å². The van der Waals surface area contributed by atoms with Crippen molar-refractivity contribution in [2.45, 2.75) is 6.04 Å². The van der Waals surface area contributed by atoms with Gasteiger partial charge in [-0.1, -0.05) is 11.6 Å². The van der Waals surface area contributed by atoms with Crippen molar-refractivity contribution in [3.05, 3.63) is 64.2 Å². The van der Waals surface area contributed by atoms with Crippen molar-refractivity contribution in [3.63, 3.8) is 0 Å². The fourth-order valence-corrected chi connectivity index (χ4v) is 4.50. The summed E-state index contributed by atoms with van der Waals surface area (Å²) in [5.74, 6) is 1.15. The summed E-state index contributed by atoms with van der Waals surface area (Å²) in [6.07, 6.45) is 1.77. The Morgan fingerprint density at radius 3 is 2.79 bits per heavy atom. The minimum Gasteiger partial charge on any atom is -0.488 e. The Balaban J connectivity index is 1.49. The van der Waals surface area contributed by atoms with E-state index < -0.39 is 6.04 Å². The lowest BCUT2D eigenvalue weighted by molar-refractivity contribution is -0.133. The molecule has 2 heterocycles. The molecule has 2 aliphatic rings. The number of anilines is 1. The molecule has 8 heteroatoms. The second-order valence-corrected chi connectivity index (χ2v) is 8.05. The van der Waals surface area contributed by atoms with Gasteiger partial charge in [0.15, 0.2) is 0 Å². The first kappa shape index (κ1) is 19.4. The largest absolute Gasteiger partial charge is 0.488 e. The van der Waals surface area contributed by atoms with E-state index in [1.807, 2.05) is 6.07 Å². The number of thioether (sulfide) groups is 1. The number of nitrogens with one attached hydrogen (secondary N) is 1. The van der Waals surface area contributed by atoms with Crippen LogP contribution in [-0.4, -0.2) is 41.0 Å². The number of amides is 2. The van der Waals surface area contributed by atoms with E-state index in [9.17, 15) is 9.59 Å². The molecular weight excluding hydrogens is 410 g/mol. The van der Waals surface area contributed by atoms with Gasteiger partial charge in [0.1, 0.15) is 18.4 Å². The number of benzene rings is 2. The van der Waals surface area contributed by atoms with E-state index in [4.69, 9.17) is 21.6 Å². The Bertz CT molecular complexity index is 1050. The summed E-state index contributed by atoms with van der Waals surface area (Å²) in [6.45, 7) is 0.151. The number of halogens is 1. The van der Waals surface area contributed by atoms with Gasteiger partial charge < -0.3 is 15.0 Å². The molecular formula is C21H16ClN3O3S. The third-order valence-corrected chi connectivity index (χ3v) is 5.93. The molecule has 2 aromatic rings. The third kappa shape index (κ3) is 4.09. The topological polar surface area (TPSA) is 82.4 Å². The maximum absolute atomic E-state index is 13.1. The predicted octanol–water partition coefficient (Wildman–Crippen LogP) is 3.53. The van der Waals surface area contributed by atoms with Crippen LogP contribution < -0.4 is 10.1 Å². The molecule has 4 rings (SSSR count). The number of hydrogen-bond acceptors (Lipinski definition) is 5. The molecule has 1 saturated heterocycles. The van der Waals surface area contributed by atoms with Crippen molar-refractivity contribution >= 4 is 46.9 Å². The highest BCUT2D eigenvalue weighted by molar-refractivity contribution is 7.99. The van der Waals surface area contributed by atoms with Crippen molar-refractivity contribution in [3.8, 4) is 11.8 Å². The maximum Gasteiger partial charge on any atom is 0.254 e. The molecule has 0 aromatic heterocycles. The van der Waals surface area contributed by atoms with E-state index in [-0.39, 0.29) is 18.4 Å². The van der Waals surface area contributed by atoms with Gasteiger partial charge in [0.25, 0.3) is 5.91 Å². The molecule has 1 atom stereocenters. The lowest BCUT2D eigenvalue weighted by Gasteiger charge is -2.26. The number of hydrogen-bond donors (Lipinski definition) is 1. The molecule has 0 spiro atoms. The summed E-state index contributed by atoms with van der Waals surface area (Å²) in [7, 11) is 0. The molecule has 146 valence electrons. The summed E-state index contributed by atoms with van der Waals surface area (Å²) in [6, 6.07) is 13.3. The van der Waals surface area contributed by atoms with E-state index >= 15 is 0 Å². The van der Waals surface area contributed by atoms with Crippen LogP contribution in [0.25, 0.3) is 6.08 Å². The van der Waals surface area contributed by atoms with Crippen LogP contribution >= 0.6 is 23.4 Å². The molecule has 1 fully saturated rings. The number of rotatable bonds is 3. The molecule has 0 saturated carbocycles. The van der Waals surface area contributed by atoms with Crippen LogP contribution in [0, 0.1) is 11.3 Å². The highest BCUT2D eigenvalue weighted by Gasteiger charge is 2.36. The zero-order chi connectivity index (χ0) is 20.4. The second-order valence-electron chi connectivity index (χ2n) is 6.61. The molecule has 2 aromatic carbocycles. The molecule has 1 unspecified atom stereocenters. The van der Waals surface area contributed by atoms with Crippen molar-refractivity contribution in [2.75, 3.05) is 23.6 Å².